The lowest BCUT2D eigenvalue weighted by atomic mass is 10.2. The Morgan fingerprint density at radius 3 is 2.54 bits per heavy atom. The minimum absolute atomic E-state index is 0.00207. The molecule has 1 N–H and O–H groups in total. The fourth-order valence-corrected chi connectivity index (χ4v) is 3.35. The van der Waals surface area contributed by atoms with Gasteiger partial charge in [-0.2, -0.15) is 0 Å². The summed E-state index contributed by atoms with van der Waals surface area (Å²) in [5.74, 6) is -0.521. The van der Waals surface area contributed by atoms with Crippen molar-refractivity contribution in [2.24, 2.45) is 0 Å². The van der Waals surface area contributed by atoms with E-state index in [0.717, 1.165) is 22.8 Å². The van der Waals surface area contributed by atoms with Crippen molar-refractivity contribution in [1.82, 2.24) is 15.2 Å². The van der Waals surface area contributed by atoms with Gasteiger partial charge in [0.05, 0.1) is 5.03 Å². The molecule has 0 unspecified atom stereocenters. The molecule has 1 fully saturated rings. The number of rotatable bonds is 10. The van der Waals surface area contributed by atoms with E-state index in [0.29, 0.717) is 25.1 Å². The molecule has 26 heavy (non-hydrogen) atoms. The summed E-state index contributed by atoms with van der Waals surface area (Å²) in [5.41, 5.74) is 0. The minimum atomic E-state index is -0.409. The Kier molecular flexibility index (Phi) is 8.27. The average Bonchev–Trinajstić information content (AvgIpc) is 2.97. The quantitative estimate of drug-likeness (QED) is 0.380. The number of aromatic nitrogens is 1. The number of likely N-dealkylation sites (tertiary alicyclic amines) is 1. The molecule has 0 saturated carbocycles. The van der Waals surface area contributed by atoms with Gasteiger partial charge in [-0.15, -0.1) is 11.8 Å². The van der Waals surface area contributed by atoms with E-state index in [9.17, 15) is 19.2 Å². The molecule has 0 radical (unpaired) electrons. The maximum Gasteiger partial charge on any atom is 0.236 e. The zero-order valence-electron chi connectivity index (χ0n) is 14.6. The van der Waals surface area contributed by atoms with E-state index in [1.165, 1.54) is 0 Å². The van der Waals surface area contributed by atoms with Gasteiger partial charge in [0.15, 0.2) is 0 Å². The molecule has 1 saturated heterocycles. The normalized spacial score (nSPS) is 13.9. The summed E-state index contributed by atoms with van der Waals surface area (Å²) in [5, 5.41) is 3.75. The number of hydrogen-bond donors (Lipinski definition) is 1. The van der Waals surface area contributed by atoms with Crippen LogP contribution in [0.15, 0.2) is 29.4 Å². The van der Waals surface area contributed by atoms with E-state index in [4.69, 9.17) is 0 Å². The maximum absolute atomic E-state index is 11.8. The SMILES string of the molecule is O=C(CCSc1ccccn1)NCCCCCC(=O)N1C(=O)CCC1=O. The number of hydrogen-bond acceptors (Lipinski definition) is 6. The number of carbonyl (C=O) groups excluding carboxylic acids is 4. The average molecular weight is 377 g/mol. The monoisotopic (exact) mass is 377 g/mol. The van der Waals surface area contributed by atoms with Crippen LogP contribution in [-0.4, -0.2) is 45.8 Å². The Morgan fingerprint density at radius 2 is 1.85 bits per heavy atom. The standard InChI is InChI=1S/C18H23N3O4S/c22-14(10-13-26-15-6-3-5-12-20-15)19-11-4-1-2-7-16(23)21-17(24)8-9-18(21)25/h3,5-6,12H,1-2,4,7-11,13H2,(H,19,22). The van der Waals surface area contributed by atoms with Crippen molar-refractivity contribution in [2.75, 3.05) is 12.3 Å². The van der Waals surface area contributed by atoms with E-state index in [1.54, 1.807) is 18.0 Å². The Morgan fingerprint density at radius 1 is 1.08 bits per heavy atom. The van der Waals surface area contributed by atoms with E-state index in [2.05, 4.69) is 10.3 Å². The van der Waals surface area contributed by atoms with Crippen LogP contribution in [0.2, 0.25) is 0 Å². The number of imide groups is 3. The summed E-state index contributed by atoms with van der Waals surface area (Å²) in [6.07, 6.45) is 4.72. The predicted molar refractivity (Wildman–Crippen MR) is 97.1 cm³/mol. The highest BCUT2D eigenvalue weighted by atomic mass is 32.2. The van der Waals surface area contributed by atoms with Crippen molar-refractivity contribution in [1.29, 1.82) is 0 Å². The van der Waals surface area contributed by atoms with Gasteiger partial charge in [-0.05, 0) is 25.0 Å². The molecule has 1 aliphatic heterocycles. The van der Waals surface area contributed by atoms with Crippen LogP contribution in [0.4, 0.5) is 0 Å². The molecule has 1 aliphatic rings. The number of amides is 4. The third kappa shape index (κ3) is 6.59. The van der Waals surface area contributed by atoms with Crippen LogP contribution in [0.25, 0.3) is 0 Å². The van der Waals surface area contributed by atoms with Crippen LogP contribution < -0.4 is 5.32 Å². The second kappa shape index (κ2) is 10.7. The molecule has 7 nitrogen and oxygen atoms in total. The van der Waals surface area contributed by atoms with Crippen LogP contribution in [0.3, 0.4) is 0 Å². The third-order valence-corrected chi connectivity index (χ3v) is 4.85. The van der Waals surface area contributed by atoms with E-state index in [-0.39, 0.29) is 25.2 Å². The molecule has 1 aromatic heterocycles. The summed E-state index contributed by atoms with van der Waals surface area (Å²) >= 11 is 1.54. The van der Waals surface area contributed by atoms with Crippen LogP contribution >= 0.6 is 11.8 Å². The van der Waals surface area contributed by atoms with E-state index >= 15 is 0 Å². The molecular weight excluding hydrogens is 354 g/mol. The molecule has 8 heteroatoms. The zero-order chi connectivity index (χ0) is 18.8. The first-order chi connectivity index (χ1) is 12.6. The zero-order valence-corrected chi connectivity index (χ0v) is 15.4. The van der Waals surface area contributed by atoms with Crippen molar-refractivity contribution < 1.29 is 19.2 Å². The topological polar surface area (TPSA) is 96.4 Å². The third-order valence-electron chi connectivity index (χ3n) is 3.91. The second-order valence-electron chi connectivity index (χ2n) is 5.94. The van der Waals surface area contributed by atoms with Gasteiger partial charge in [0.1, 0.15) is 0 Å². The van der Waals surface area contributed by atoms with Crippen molar-refractivity contribution in [3.8, 4) is 0 Å². The number of pyridine rings is 1. The minimum Gasteiger partial charge on any atom is -0.356 e. The highest BCUT2D eigenvalue weighted by Crippen LogP contribution is 2.15. The molecule has 0 aliphatic carbocycles. The molecule has 2 heterocycles. The first-order valence-corrected chi connectivity index (χ1v) is 9.75. The van der Waals surface area contributed by atoms with Gasteiger partial charge >= 0.3 is 0 Å². The second-order valence-corrected chi connectivity index (χ2v) is 7.06. The van der Waals surface area contributed by atoms with Crippen molar-refractivity contribution in [2.45, 2.75) is 50.0 Å². The Bertz CT molecular complexity index is 635. The van der Waals surface area contributed by atoms with E-state index < -0.39 is 17.7 Å². The molecule has 0 spiro atoms. The predicted octanol–water partition coefficient (Wildman–Crippen LogP) is 1.92. The van der Waals surface area contributed by atoms with Gasteiger partial charge in [0, 0.05) is 44.2 Å². The number of carbonyl (C=O) groups is 4. The summed E-state index contributed by atoms with van der Waals surface area (Å²) in [6, 6.07) is 5.67. The van der Waals surface area contributed by atoms with Crippen molar-refractivity contribution in [3.63, 3.8) is 0 Å². The van der Waals surface area contributed by atoms with Crippen LogP contribution in [0, 0.1) is 0 Å². The summed E-state index contributed by atoms with van der Waals surface area (Å²) in [6.45, 7) is 0.558. The molecule has 0 bridgehead atoms. The lowest BCUT2D eigenvalue weighted by Crippen LogP contribution is -2.35. The first-order valence-electron chi connectivity index (χ1n) is 8.77. The van der Waals surface area contributed by atoms with Gasteiger partial charge in [-0.3, -0.25) is 19.2 Å². The molecule has 2 rings (SSSR count). The van der Waals surface area contributed by atoms with Crippen LogP contribution in [0.5, 0.6) is 0 Å². The smallest absolute Gasteiger partial charge is 0.236 e. The van der Waals surface area contributed by atoms with Crippen LogP contribution in [-0.2, 0) is 19.2 Å². The Labute approximate surface area is 156 Å². The summed E-state index contributed by atoms with van der Waals surface area (Å²) in [7, 11) is 0. The van der Waals surface area contributed by atoms with Gasteiger partial charge in [-0.25, -0.2) is 9.88 Å². The van der Waals surface area contributed by atoms with Crippen molar-refractivity contribution >= 4 is 35.4 Å². The van der Waals surface area contributed by atoms with Gasteiger partial charge in [0.2, 0.25) is 23.6 Å². The van der Waals surface area contributed by atoms with Gasteiger partial charge < -0.3 is 5.32 Å². The maximum atomic E-state index is 11.8. The molecule has 1 aromatic rings. The molecular formula is C18H23N3O4S. The fourth-order valence-electron chi connectivity index (χ4n) is 2.54. The molecule has 140 valence electrons. The molecule has 0 atom stereocenters. The fraction of sp³-hybridized carbons (Fsp3) is 0.500. The van der Waals surface area contributed by atoms with Gasteiger partial charge in [-0.1, -0.05) is 12.5 Å². The number of thioether (sulfide) groups is 1. The lowest BCUT2D eigenvalue weighted by molar-refractivity contribution is -0.149. The number of nitrogens with one attached hydrogen (secondary N) is 1. The Balaban J connectivity index is 1.48. The number of nitrogens with zero attached hydrogens (tertiary/aromatic N) is 2. The first kappa shape index (κ1) is 20.1. The summed E-state index contributed by atoms with van der Waals surface area (Å²) < 4.78 is 0. The van der Waals surface area contributed by atoms with Crippen molar-refractivity contribution in [3.05, 3.63) is 24.4 Å². The Hall–Kier alpha value is -2.22. The van der Waals surface area contributed by atoms with Gasteiger partial charge in [0.25, 0.3) is 0 Å². The molecule has 4 amide bonds. The van der Waals surface area contributed by atoms with E-state index in [1.807, 2.05) is 18.2 Å². The highest BCUT2D eigenvalue weighted by Gasteiger charge is 2.33. The molecule has 0 aromatic carbocycles. The largest absolute Gasteiger partial charge is 0.356 e. The summed E-state index contributed by atoms with van der Waals surface area (Å²) in [4.78, 5) is 51.4. The van der Waals surface area contributed by atoms with Crippen LogP contribution in [0.1, 0.15) is 44.9 Å². The number of unbranched alkanes of at least 4 members (excludes halogenated alkanes) is 2. The highest BCUT2D eigenvalue weighted by molar-refractivity contribution is 7.99. The lowest BCUT2D eigenvalue weighted by Gasteiger charge is -2.11.